The highest BCUT2D eigenvalue weighted by Gasteiger charge is 2.19. The molecule has 0 aliphatic carbocycles. The molecule has 5 rings (SSSR count). The minimum absolute atomic E-state index is 0.232. The fourth-order valence-corrected chi connectivity index (χ4v) is 4.80. The molecule has 0 amide bonds. The summed E-state index contributed by atoms with van der Waals surface area (Å²) >= 11 is 1.65. The molecule has 2 aromatic heterocycles. The molecule has 3 heterocycles. The summed E-state index contributed by atoms with van der Waals surface area (Å²) in [6, 6.07) is 16.6. The molecule has 1 fully saturated rings. The first-order valence-electron chi connectivity index (χ1n) is 10.1. The maximum absolute atomic E-state index is 5.93. The van der Waals surface area contributed by atoms with Gasteiger partial charge in [0, 0.05) is 18.2 Å². The zero-order valence-electron chi connectivity index (χ0n) is 16.8. The Morgan fingerprint density at radius 2 is 2.10 bits per heavy atom. The summed E-state index contributed by atoms with van der Waals surface area (Å²) in [6.45, 7) is 1.65. The zero-order valence-corrected chi connectivity index (χ0v) is 17.6. The molecule has 1 unspecified atom stereocenters. The number of fused-ring (bicyclic) bond motifs is 1. The summed E-state index contributed by atoms with van der Waals surface area (Å²) in [5, 5.41) is 4.54. The van der Waals surface area contributed by atoms with Crippen LogP contribution in [0.2, 0.25) is 0 Å². The van der Waals surface area contributed by atoms with Crippen molar-refractivity contribution in [2.45, 2.75) is 25.5 Å². The number of aromatic nitrogens is 2. The Morgan fingerprint density at radius 3 is 2.90 bits per heavy atom. The van der Waals surface area contributed by atoms with Gasteiger partial charge in [0.2, 0.25) is 0 Å². The average Bonchev–Trinajstić information content (AvgIpc) is 3.44. The molecule has 0 radical (unpaired) electrons. The van der Waals surface area contributed by atoms with Gasteiger partial charge in [-0.25, -0.2) is 4.99 Å². The van der Waals surface area contributed by atoms with E-state index in [2.05, 4.69) is 45.3 Å². The lowest BCUT2D eigenvalue weighted by atomic mass is 10.0. The van der Waals surface area contributed by atoms with E-state index in [4.69, 9.17) is 14.5 Å². The van der Waals surface area contributed by atoms with Crippen molar-refractivity contribution in [3.63, 3.8) is 0 Å². The third-order valence-electron chi connectivity index (χ3n) is 5.42. The number of nitrogens with zero attached hydrogens (tertiary/aromatic N) is 3. The van der Waals surface area contributed by atoms with Gasteiger partial charge in [0.15, 0.2) is 4.80 Å². The van der Waals surface area contributed by atoms with Crippen molar-refractivity contribution in [3.05, 3.63) is 71.1 Å². The summed E-state index contributed by atoms with van der Waals surface area (Å²) in [4.78, 5) is 10.0. The number of rotatable bonds is 5. The van der Waals surface area contributed by atoms with Crippen molar-refractivity contribution in [1.82, 2.24) is 9.55 Å². The van der Waals surface area contributed by atoms with E-state index in [-0.39, 0.29) is 6.10 Å². The van der Waals surface area contributed by atoms with Gasteiger partial charge in [-0.05, 0) is 59.5 Å². The summed E-state index contributed by atoms with van der Waals surface area (Å²) < 4.78 is 13.6. The predicted molar refractivity (Wildman–Crippen MR) is 120 cm³/mol. The van der Waals surface area contributed by atoms with Gasteiger partial charge < -0.3 is 14.0 Å². The lowest BCUT2D eigenvalue weighted by Crippen LogP contribution is -2.24. The zero-order chi connectivity index (χ0) is 20.3. The Hall–Kier alpha value is -2.96. The largest absolute Gasteiger partial charge is 0.497 e. The first kappa shape index (κ1) is 19.0. The summed E-state index contributed by atoms with van der Waals surface area (Å²) in [7, 11) is 1.70. The Morgan fingerprint density at radius 1 is 1.20 bits per heavy atom. The van der Waals surface area contributed by atoms with Crippen LogP contribution in [0.3, 0.4) is 0 Å². The van der Waals surface area contributed by atoms with Gasteiger partial charge in [0.05, 0.1) is 37.3 Å². The van der Waals surface area contributed by atoms with E-state index in [0.717, 1.165) is 47.9 Å². The molecule has 0 spiro atoms. The molecule has 30 heavy (non-hydrogen) atoms. The van der Waals surface area contributed by atoms with Gasteiger partial charge in [-0.15, -0.1) is 11.3 Å². The fourth-order valence-electron chi connectivity index (χ4n) is 3.86. The molecular weight excluding hydrogens is 394 g/mol. The molecule has 4 aromatic rings. The van der Waals surface area contributed by atoms with Crippen LogP contribution in [0, 0.1) is 0 Å². The van der Waals surface area contributed by atoms with Crippen LogP contribution < -0.4 is 9.54 Å². The number of thiazole rings is 1. The van der Waals surface area contributed by atoms with Gasteiger partial charge in [0.25, 0.3) is 0 Å². The molecule has 1 atom stereocenters. The van der Waals surface area contributed by atoms with Crippen LogP contribution in [0.5, 0.6) is 5.75 Å². The van der Waals surface area contributed by atoms with Crippen molar-refractivity contribution in [2.75, 3.05) is 13.7 Å². The van der Waals surface area contributed by atoms with Crippen molar-refractivity contribution >= 4 is 27.8 Å². The van der Waals surface area contributed by atoms with Crippen LogP contribution in [-0.2, 0) is 11.3 Å². The number of hydrogen-bond acceptors (Lipinski definition) is 5. The van der Waals surface area contributed by atoms with Gasteiger partial charge in [0.1, 0.15) is 5.75 Å². The maximum atomic E-state index is 5.93. The van der Waals surface area contributed by atoms with Crippen molar-refractivity contribution in [3.8, 4) is 17.0 Å². The Labute approximate surface area is 179 Å². The Balaban J connectivity index is 1.60. The summed E-state index contributed by atoms with van der Waals surface area (Å²) in [5.41, 5.74) is 3.20. The number of pyridine rings is 1. The van der Waals surface area contributed by atoms with E-state index < -0.39 is 0 Å². The molecule has 2 aromatic carbocycles. The number of hydrogen-bond donors (Lipinski definition) is 0. The Bertz CT molecular complexity index is 1220. The van der Waals surface area contributed by atoms with Gasteiger partial charge in [-0.3, -0.25) is 4.98 Å². The molecule has 1 saturated heterocycles. The third kappa shape index (κ3) is 3.88. The lowest BCUT2D eigenvalue weighted by Gasteiger charge is -2.14. The first-order valence-corrected chi connectivity index (χ1v) is 11.0. The highest BCUT2D eigenvalue weighted by molar-refractivity contribution is 7.07. The van der Waals surface area contributed by atoms with Crippen LogP contribution in [0.25, 0.3) is 22.0 Å². The molecule has 6 heteroatoms. The minimum atomic E-state index is 0.232. The monoisotopic (exact) mass is 417 g/mol. The summed E-state index contributed by atoms with van der Waals surface area (Å²) in [5.74, 6) is 0.872. The normalized spacial score (nSPS) is 17.0. The number of benzene rings is 2. The number of methoxy groups -OCH3 is 1. The third-order valence-corrected chi connectivity index (χ3v) is 6.29. The van der Waals surface area contributed by atoms with Gasteiger partial charge in [-0.1, -0.05) is 18.2 Å². The molecule has 5 nitrogen and oxygen atoms in total. The topological polar surface area (TPSA) is 48.6 Å². The van der Waals surface area contributed by atoms with E-state index in [1.807, 2.05) is 18.2 Å². The Kier molecular flexibility index (Phi) is 5.34. The van der Waals surface area contributed by atoms with Crippen molar-refractivity contribution in [2.24, 2.45) is 4.99 Å². The highest BCUT2D eigenvalue weighted by Crippen LogP contribution is 2.28. The number of ether oxygens (including phenoxy) is 2. The van der Waals surface area contributed by atoms with E-state index in [0.29, 0.717) is 0 Å². The maximum Gasteiger partial charge on any atom is 0.190 e. The smallest absolute Gasteiger partial charge is 0.190 e. The first-order chi connectivity index (χ1) is 14.8. The molecule has 0 saturated carbocycles. The van der Waals surface area contributed by atoms with E-state index in [1.54, 1.807) is 30.8 Å². The summed E-state index contributed by atoms with van der Waals surface area (Å²) in [6.07, 6.45) is 6.00. The van der Waals surface area contributed by atoms with E-state index >= 15 is 0 Å². The van der Waals surface area contributed by atoms with E-state index in [1.165, 1.54) is 16.3 Å². The van der Waals surface area contributed by atoms with Gasteiger partial charge >= 0.3 is 0 Å². The van der Waals surface area contributed by atoms with Crippen LogP contribution in [0.15, 0.2) is 71.3 Å². The second-order valence-electron chi connectivity index (χ2n) is 7.40. The lowest BCUT2D eigenvalue weighted by molar-refractivity contribution is 0.0968. The van der Waals surface area contributed by atoms with Crippen molar-refractivity contribution in [1.29, 1.82) is 0 Å². The molecule has 1 aliphatic heterocycles. The second kappa shape index (κ2) is 8.42. The molecule has 152 valence electrons. The van der Waals surface area contributed by atoms with Gasteiger partial charge in [-0.2, -0.15) is 0 Å². The predicted octanol–water partition coefficient (Wildman–Crippen LogP) is 5.18. The molecular formula is C24H23N3O2S. The fraction of sp³-hybridized carbons (Fsp3) is 0.250. The van der Waals surface area contributed by atoms with Crippen LogP contribution >= 0.6 is 11.3 Å². The highest BCUT2D eigenvalue weighted by atomic mass is 32.1. The van der Waals surface area contributed by atoms with Crippen LogP contribution in [0.1, 0.15) is 12.8 Å². The van der Waals surface area contributed by atoms with Crippen LogP contribution in [0.4, 0.5) is 5.69 Å². The minimum Gasteiger partial charge on any atom is -0.497 e. The second-order valence-corrected chi connectivity index (χ2v) is 8.24. The average molecular weight is 418 g/mol. The van der Waals surface area contributed by atoms with Crippen LogP contribution in [-0.4, -0.2) is 29.4 Å². The van der Waals surface area contributed by atoms with E-state index in [9.17, 15) is 0 Å². The molecule has 0 N–H and O–H groups in total. The molecule has 0 bridgehead atoms. The molecule has 1 aliphatic rings. The van der Waals surface area contributed by atoms with Crippen molar-refractivity contribution < 1.29 is 9.47 Å². The standard InChI is InChI=1S/C24H23N3O2S/c1-28-21-9-8-17-12-19(7-6-18(17)13-21)23-16-30-24(26-20-4-2-10-25-14-20)27(23)15-22-5-3-11-29-22/h2,4,6-10,12-14,16,22H,3,5,11,15H2,1H3. The quantitative estimate of drug-likeness (QED) is 0.449. The SMILES string of the molecule is COc1ccc2cc(-c3csc(=Nc4cccnc4)n3CC3CCCO3)ccc2c1.